The highest BCUT2D eigenvalue weighted by atomic mass is 16.5. The number of esters is 1. The molecule has 1 aliphatic heterocycles. The number of rotatable bonds is 4. The van der Waals surface area contributed by atoms with Crippen molar-refractivity contribution in [3.63, 3.8) is 0 Å². The predicted molar refractivity (Wildman–Crippen MR) is 99.5 cm³/mol. The summed E-state index contributed by atoms with van der Waals surface area (Å²) in [5.41, 5.74) is 9.01. The predicted octanol–water partition coefficient (Wildman–Crippen LogP) is 2.15. The van der Waals surface area contributed by atoms with Crippen LogP contribution in [-0.2, 0) is 9.53 Å². The molecule has 0 amide bonds. The molecule has 2 aromatic heterocycles. The zero-order valence-electron chi connectivity index (χ0n) is 14.6. The monoisotopic (exact) mass is 351 g/mol. The summed E-state index contributed by atoms with van der Waals surface area (Å²) in [4.78, 5) is 20.7. The smallest absolute Gasteiger partial charge is 0.323 e. The second kappa shape index (κ2) is 6.76. The maximum absolute atomic E-state index is 12.0. The molecule has 1 fully saturated rings. The average molecular weight is 351 g/mol. The highest BCUT2D eigenvalue weighted by Crippen LogP contribution is 2.35. The number of carbonyl (C=O) groups is 1. The van der Waals surface area contributed by atoms with Crippen LogP contribution < -0.4 is 11.1 Å². The maximum Gasteiger partial charge on any atom is 0.323 e. The van der Waals surface area contributed by atoms with Crippen LogP contribution in [0.2, 0.25) is 0 Å². The van der Waals surface area contributed by atoms with Crippen molar-refractivity contribution < 1.29 is 9.53 Å². The molecule has 26 heavy (non-hydrogen) atoms. The van der Waals surface area contributed by atoms with Gasteiger partial charge in [0.1, 0.15) is 23.8 Å². The van der Waals surface area contributed by atoms with Gasteiger partial charge in [-0.1, -0.05) is 30.3 Å². The van der Waals surface area contributed by atoms with Gasteiger partial charge in [0, 0.05) is 24.3 Å². The fourth-order valence-corrected chi connectivity index (χ4v) is 3.57. The van der Waals surface area contributed by atoms with Crippen molar-refractivity contribution in [3.05, 3.63) is 42.9 Å². The largest absolute Gasteiger partial charge is 0.465 e. The number of hydrogen-bond donors (Lipinski definition) is 2. The van der Waals surface area contributed by atoms with Crippen molar-refractivity contribution in [1.82, 2.24) is 19.9 Å². The molecule has 1 saturated heterocycles. The van der Waals surface area contributed by atoms with Crippen LogP contribution in [0.25, 0.3) is 22.2 Å². The number of anilines is 1. The first-order valence-corrected chi connectivity index (χ1v) is 8.75. The molecule has 3 heterocycles. The third kappa shape index (κ3) is 2.80. The van der Waals surface area contributed by atoms with Crippen LogP contribution >= 0.6 is 0 Å². The van der Waals surface area contributed by atoms with Gasteiger partial charge in [-0.2, -0.15) is 0 Å². The second-order valence-electron chi connectivity index (χ2n) is 6.38. The van der Waals surface area contributed by atoms with Gasteiger partial charge >= 0.3 is 5.97 Å². The summed E-state index contributed by atoms with van der Waals surface area (Å²) in [6.07, 6.45) is 4.19. The van der Waals surface area contributed by atoms with Crippen molar-refractivity contribution in [1.29, 1.82) is 0 Å². The molecule has 0 unspecified atom stereocenters. The Hall–Kier alpha value is -2.93. The van der Waals surface area contributed by atoms with Gasteiger partial charge in [0.2, 0.25) is 0 Å². The van der Waals surface area contributed by atoms with E-state index in [0.29, 0.717) is 25.4 Å². The molecule has 0 saturated carbocycles. The number of nitrogens with two attached hydrogens (primary N) is 1. The first kappa shape index (κ1) is 16.5. The lowest BCUT2D eigenvalue weighted by molar-refractivity contribution is -0.145. The average Bonchev–Trinajstić information content (AvgIpc) is 3.28. The SMILES string of the molecule is CCOC(=O)[C@H]1C[C@H](n2cc(-c3ccccc3)c3c(N)ncnc32)CN1. The van der Waals surface area contributed by atoms with Crippen molar-refractivity contribution in [2.75, 3.05) is 18.9 Å². The second-order valence-corrected chi connectivity index (χ2v) is 6.38. The van der Waals surface area contributed by atoms with Crippen LogP contribution in [0.3, 0.4) is 0 Å². The minimum absolute atomic E-state index is 0.0960. The van der Waals surface area contributed by atoms with Gasteiger partial charge in [-0.3, -0.25) is 4.79 Å². The molecule has 0 radical (unpaired) electrons. The van der Waals surface area contributed by atoms with Crippen LogP contribution in [0.1, 0.15) is 19.4 Å². The third-order valence-electron chi connectivity index (χ3n) is 4.80. The molecular weight excluding hydrogens is 330 g/mol. The summed E-state index contributed by atoms with van der Waals surface area (Å²) in [7, 11) is 0. The Labute approximate surface area is 151 Å². The summed E-state index contributed by atoms with van der Waals surface area (Å²) < 4.78 is 7.23. The Morgan fingerprint density at radius 1 is 1.35 bits per heavy atom. The van der Waals surface area contributed by atoms with Crippen molar-refractivity contribution >= 4 is 22.8 Å². The Kier molecular flexibility index (Phi) is 4.30. The minimum atomic E-state index is -0.295. The van der Waals surface area contributed by atoms with Crippen LogP contribution in [0.5, 0.6) is 0 Å². The number of fused-ring (bicyclic) bond motifs is 1. The fourth-order valence-electron chi connectivity index (χ4n) is 3.57. The highest BCUT2D eigenvalue weighted by molar-refractivity contribution is 6.00. The van der Waals surface area contributed by atoms with Crippen LogP contribution in [0.4, 0.5) is 5.82 Å². The van der Waals surface area contributed by atoms with Gasteiger partial charge in [0.25, 0.3) is 0 Å². The molecule has 1 aromatic carbocycles. The van der Waals surface area contributed by atoms with E-state index in [4.69, 9.17) is 10.5 Å². The number of nitrogens with one attached hydrogen (secondary N) is 1. The molecule has 2 atom stereocenters. The van der Waals surface area contributed by atoms with E-state index in [-0.39, 0.29) is 18.1 Å². The lowest BCUT2D eigenvalue weighted by atomic mass is 10.1. The van der Waals surface area contributed by atoms with Crippen LogP contribution in [0.15, 0.2) is 42.9 Å². The molecule has 0 spiro atoms. The number of nitrogens with zero attached hydrogens (tertiary/aromatic N) is 3. The topological polar surface area (TPSA) is 95.1 Å². The first-order chi connectivity index (χ1) is 12.7. The number of carbonyl (C=O) groups excluding carboxylic acids is 1. The fraction of sp³-hybridized carbons (Fsp3) is 0.316. The standard InChI is InChI=1S/C19H21N5O2/c1-2-26-19(25)15-8-13(9-21-15)24-10-14(12-6-4-3-5-7-12)16-17(20)22-11-23-18(16)24/h3-7,10-11,13,15,21H,2,8-9H2,1H3,(H2,20,22,23)/t13-,15+/m0/s1. The Morgan fingerprint density at radius 3 is 2.92 bits per heavy atom. The van der Waals surface area contributed by atoms with Crippen LogP contribution in [0, 0.1) is 0 Å². The van der Waals surface area contributed by atoms with Crippen molar-refractivity contribution in [2.45, 2.75) is 25.4 Å². The van der Waals surface area contributed by atoms with Gasteiger partial charge in [-0.25, -0.2) is 9.97 Å². The zero-order chi connectivity index (χ0) is 18.1. The molecule has 7 nitrogen and oxygen atoms in total. The molecule has 7 heteroatoms. The molecule has 4 rings (SSSR count). The van der Waals surface area contributed by atoms with Gasteiger partial charge in [-0.15, -0.1) is 0 Å². The molecular formula is C19H21N5O2. The van der Waals surface area contributed by atoms with Crippen LogP contribution in [-0.4, -0.2) is 39.7 Å². The van der Waals surface area contributed by atoms with E-state index in [1.54, 1.807) is 0 Å². The Morgan fingerprint density at radius 2 is 2.15 bits per heavy atom. The number of nitrogen functional groups attached to an aromatic ring is 1. The Balaban J connectivity index is 1.75. The van der Waals surface area contributed by atoms with Gasteiger partial charge in [0.15, 0.2) is 0 Å². The minimum Gasteiger partial charge on any atom is -0.465 e. The summed E-state index contributed by atoms with van der Waals surface area (Å²) >= 11 is 0. The summed E-state index contributed by atoms with van der Waals surface area (Å²) in [6, 6.07) is 9.85. The molecule has 0 bridgehead atoms. The molecule has 134 valence electrons. The number of hydrogen-bond acceptors (Lipinski definition) is 6. The van der Waals surface area contributed by atoms with Gasteiger partial charge in [0.05, 0.1) is 12.0 Å². The summed E-state index contributed by atoms with van der Waals surface area (Å²) in [5.74, 6) is 0.254. The summed E-state index contributed by atoms with van der Waals surface area (Å²) in [5, 5.41) is 4.09. The molecule has 1 aliphatic rings. The Bertz CT molecular complexity index is 938. The van der Waals surface area contributed by atoms with E-state index in [2.05, 4.69) is 26.0 Å². The van der Waals surface area contributed by atoms with E-state index in [1.165, 1.54) is 6.33 Å². The van der Waals surface area contributed by atoms with Crippen molar-refractivity contribution in [2.24, 2.45) is 0 Å². The number of benzene rings is 1. The molecule has 3 aromatic rings. The zero-order valence-corrected chi connectivity index (χ0v) is 14.6. The van der Waals surface area contributed by atoms with E-state index in [0.717, 1.165) is 22.2 Å². The van der Waals surface area contributed by atoms with Gasteiger partial charge < -0.3 is 20.4 Å². The normalized spacial score (nSPS) is 19.7. The van der Waals surface area contributed by atoms with E-state index in [9.17, 15) is 4.79 Å². The number of ether oxygens (including phenoxy) is 1. The molecule has 0 aliphatic carbocycles. The lowest BCUT2D eigenvalue weighted by Crippen LogP contribution is -2.32. The van der Waals surface area contributed by atoms with Crippen molar-refractivity contribution in [3.8, 4) is 11.1 Å². The summed E-state index contributed by atoms with van der Waals surface area (Å²) in [6.45, 7) is 2.87. The van der Waals surface area contributed by atoms with E-state index >= 15 is 0 Å². The van der Waals surface area contributed by atoms with E-state index in [1.807, 2.05) is 37.3 Å². The highest BCUT2D eigenvalue weighted by Gasteiger charge is 2.32. The third-order valence-corrected chi connectivity index (χ3v) is 4.80. The quantitative estimate of drug-likeness (QED) is 0.699. The lowest BCUT2D eigenvalue weighted by Gasteiger charge is -2.12. The first-order valence-electron chi connectivity index (χ1n) is 8.75. The number of aromatic nitrogens is 3. The van der Waals surface area contributed by atoms with E-state index < -0.39 is 0 Å². The maximum atomic E-state index is 12.0. The molecule has 3 N–H and O–H groups in total. The van der Waals surface area contributed by atoms with Gasteiger partial charge in [-0.05, 0) is 18.9 Å².